The topological polar surface area (TPSA) is 51.7 Å². The number of carbonyl (C=O) groups is 1. The molecule has 192 valence electrons. The molecule has 0 amide bonds. The number of nitrogens with zero attached hydrogens (tertiary/aromatic N) is 2. The van der Waals surface area contributed by atoms with Gasteiger partial charge in [-0.05, 0) is 67.1 Å². The van der Waals surface area contributed by atoms with E-state index in [0.29, 0.717) is 25.6 Å². The Bertz CT molecular complexity index is 1280. The van der Waals surface area contributed by atoms with Gasteiger partial charge in [0.15, 0.2) is 11.6 Å². The highest BCUT2D eigenvalue weighted by Crippen LogP contribution is 2.53. The van der Waals surface area contributed by atoms with Crippen LogP contribution in [0.3, 0.4) is 0 Å². The lowest BCUT2D eigenvalue weighted by molar-refractivity contribution is -0.199. The molecule has 1 saturated heterocycles. The molecule has 5 nitrogen and oxygen atoms in total. The van der Waals surface area contributed by atoms with E-state index in [2.05, 4.69) is 65.5 Å². The quantitative estimate of drug-likeness (QED) is 0.450. The van der Waals surface area contributed by atoms with Crippen molar-refractivity contribution in [3.05, 3.63) is 100 Å². The molecule has 6 rings (SSSR count). The molecule has 2 aromatic carbocycles. The standard InChI is InChI=1S/C32H36N2O3/c1-23-25(9-6-14-33-23)18-30(35)26-10-11-29-27(17-26)21-34(2)22-28-20-32(36-15-16-37-32)13-12-31(28,29)19-24-7-4-3-5-8-24/h3-11,14,17,28H,12-13,15-16,18-22H2,1-2H3/t28-,31+/m1/s1. The molecular formula is C32H36N2O3. The van der Waals surface area contributed by atoms with E-state index in [4.69, 9.17) is 9.47 Å². The summed E-state index contributed by atoms with van der Waals surface area (Å²) in [6.07, 6.45) is 5.96. The number of pyridine rings is 1. The van der Waals surface area contributed by atoms with Crippen molar-refractivity contribution in [2.45, 2.75) is 56.8 Å². The Kier molecular flexibility index (Phi) is 6.47. The fourth-order valence-corrected chi connectivity index (χ4v) is 7.03. The van der Waals surface area contributed by atoms with Gasteiger partial charge in [0.05, 0.1) is 13.2 Å². The highest BCUT2D eigenvalue weighted by molar-refractivity contribution is 5.97. The SMILES string of the molecule is Cc1ncccc1CC(=O)c1ccc2c(c1)CN(C)C[C@H]1CC3(CC[C@@]21Cc1ccccc1)OCCO3. The lowest BCUT2D eigenvalue weighted by atomic mass is 9.58. The Balaban J connectivity index is 1.39. The van der Waals surface area contributed by atoms with Crippen molar-refractivity contribution >= 4 is 5.78 Å². The molecule has 2 atom stereocenters. The van der Waals surface area contributed by atoms with E-state index in [1.165, 1.54) is 16.7 Å². The van der Waals surface area contributed by atoms with Gasteiger partial charge in [-0.1, -0.05) is 48.5 Å². The first kappa shape index (κ1) is 24.5. The van der Waals surface area contributed by atoms with E-state index in [1.54, 1.807) is 6.20 Å². The van der Waals surface area contributed by atoms with E-state index in [-0.39, 0.29) is 11.2 Å². The summed E-state index contributed by atoms with van der Waals surface area (Å²) in [7, 11) is 2.20. The third-order valence-electron chi connectivity index (χ3n) is 8.87. The van der Waals surface area contributed by atoms with Gasteiger partial charge in [0.2, 0.25) is 0 Å². The van der Waals surface area contributed by atoms with Crippen LogP contribution >= 0.6 is 0 Å². The van der Waals surface area contributed by atoms with Crippen LogP contribution in [0.4, 0.5) is 0 Å². The van der Waals surface area contributed by atoms with E-state index >= 15 is 0 Å². The second kappa shape index (κ2) is 9.79. The predicted molar refractivity (Wildman–Crippen MR) is 144 cm³/mol. The number of hydrogen-bond donors (Lipinski definition) is 0. The van der Waals surface area contributed by atoms with E-state index in [9.17, 15) is 4.79 Å². The Labute approximate surface area is 219 Å². The molecular weight excluding hydrogens is 460 g/mol. The number of Topliss-reactive ketones (excluding diaryl/α,β-unsaturated/α-hetero) is 1. The van der Waals surface area contributed by atoms with Crippen LogP contribution in [0.1, 0.15) is 57.6 Å². The summed E-state index contributed by atoms with van der Waals surface area (Å²) in [6.45, 7) is 5.16. The van der Waals surface area contributed by atoms with Gasteiger partial charge in [0.1, 0.15) is 0 Å². The third-order valence-corrected chi connectivity index (χ3v) is 8.87. The molecule has 1 aliphatic carbocycles. The number of aryl methyl sites for hydroxylation is 1. The van der Waals surface area contributed by atoms with Gasteiger partial charge >= 0.3 is 0 Å². The van der Waals surface area contributed by atoms with Gasteiger partial charge in [-0.25, -0.2) is 0 Å². The van der Waals surface area contributed by atoms with Crippen LogP contribution in [0.15, 0.2) is 66.9 Å². The maximum atomic E-state index is 13.4. The average Bonchev–Trinajstić information content (AvgIpc) is 3.31. The fraction of sp³-hybridized carbons (Fsp3) is 0.438. The van der Waals surface area contributed by atoms with Crippen LogP contribution < -0.4 is 0 Å². The number of benzene rings is 2. The number of carbonyl (C=O) groups excluding carboxylic acids is 1. The number of rotatable bonds is 5. The highest BCUT2D eigenvalue weighted by atomic mass is 16.7. The zero-order valence-corrected chi connectivity index (χ0v) is 21.9. The maximum absolute atomic E-state index is 13.4. The maximum Gasteiger partial charge on any atom is 0.168 e. The highest BCUT2D eigenvalue weighted by Gasteiger charge is 2.54. The van der Waals surface area contributed by atoms with Gasteiger partial charge in [-0.15, -0.1) is 0 Å². The van der Waals surface area contributed by atoms with Crippen LogP contribution in [0.2, 0.25) is 0 Å². The van der Waals surface area contributed by atoms with Crippen LogP contribution in [-0.4, -0.2) is 48.3 Å². The summed E-state index contributed by atoms with van der Waals surface area (Å²) in [5.41, 5.74) is 6.71. The molecule has 2 fully saturated rings. The number of ketones is 1. The van der Waals surface area contributed by atoms with Crippen LogP contribution in [0, 0.1) is 12.8 Å². The molecule has 3 aromatic rings. The molecule has 3 heterocycles. The second-order valence-corrected chi connectivity index (χ2v) is 11.2. The molecule has 5 heteroatoms. The number of fused-ring (bicyclic) bond motifs is 3. The van der Waals surface area contributed by atoms with Crippen LogP contribution in [-0.2, 0) is 34.3 Å². The summed E-state index contributed by atoms with van der Waals surface area (Å²) in [5.74, 6) is 0.105. The molecule has 3 aliphatic rings. The molecule has 0 N–H and O–H groups in total. The van der Waals surface area contributed by atoms with Crippen molar-refractivity contribution in [2.75, 3.05) is 26.8 Å². The first-order valence-electron chi connectivity index (χ1n) is 13.5. The summed E-state index contributed by atoms with van der Waals surface area (Å²) in [5, 5.41) is 0. The Morgan fingerprint density at radius 2 is 1.86 bits per heavy atom. The molecule has 1 spiro atoms. The van der Waals surface area contributed by atoms with Gasteiger partial charge in [0, 0.05) is 55.2 Å². The minimum absolute atomic E-state index is 0.0243. The minimum Gasteiger partial charge on any atom is -0.348 e. The fourth-order valence-electron chi connectivity index (χ4n) is 7.03. The lowest BCUT2D eigenvalue weighted by Gasteiger charge is -2.50. The first-order chi connectivity index (χ1) is 18.0. The van der Waals surface area contributed by atoms with Gasteiger partial charge in [-0.2, -0.15) is 0 Å². The van der Waals surface area contributed by atoms with Crippen molar-refractivity contribution in [3.8, 4) is 0 Å². The molecule has 1 saturated carbocycles. The third kappa shape index (κ3) is 4.65. The zero-order valence-electron chi connectivity index (χ0n) is 21.9. The van der Waals surface area contributed by atoms with Crippen molar-refractivity contribution in [1.29, 1.82) is 0 Å². The molecule has 0 bridgehead atoms. The predicted octanol–water partition coefficient (Wildman–Crippen LogP) is 5.28. The second-order valence-electron chi connectivity index (χ2n) is 11.2. The summed E-state index contributed by atoms with van der Waals surface area (Å²) < 4.78 is 12.4. The molecule has 0 radical (unpaired) electrons. The van der Waals surface area contributed by atoms with Gasteiger partial charge in [-0.3, -0.25) is 9.78 Å². The van der Waals surface area contributed by atoms with Crippen LogP contribution in [0.25, 0.3) is 0 Å². The summed E-state index contributed by atoms with van der Waals surface area (Å²) in [4.78, 5) is 20.2. The lowest BCUT2D eigenvalue weighted by Crippen LogP contribution is -2.51. The van der Waals surface area contributed by atoms with Crippen LogP contribution in [0.5, 0.6) is 0 Å². The van der Waals surface area contributed by atoms with E-state index in [1.807, 2.05) is 19.1 Å². The average molecular weight is 497 g/mol. The number of hydrogen-bond acceptors (Lipinski definition) is 5. The number of aromatic nitrogens is 1. The van der Waals surface area contributed by atoms with E-state index < -0.39 is 5.79 Å². The first-order valence-corrected chi connectivity index (χ1v) is 13.5. The minimum atomic E-state index is -0.437. The zero-order chi connectivity index (χ0) is 25.5. The van der Waals surface area contributed by atoms with E-state index in [0.717, 1.165) is 55.6 Å². The van der Waals surface area contributed by atoms with Gasteiger partial charge in [0.25, 0.3) is 0 Å². The molecule has 37 heavy (non-hydrogen) atoms. The van der Waals surface area contributed by atoms with Crippen molar-refractivity contribution in [2.24, 2.45) is 5.92 Å². The monoisotopic (exact) mass is 496 g/mol. The van der Waals surface area contributed by atoms with Gasteiger partial charge < -0.3 is 14.4 Å². The van der Waals surface area contributed by atoms with Crippen molar-refractivity contribution in [1.82, 2.24) is 9.88 Å². The Morgan fingerprint density at radius 3 is 2.65 bits per heavy atom. The summed E-state index contributed by atoms with van der Waals surface area (Å²) in [6, 6.07) is 21.3. The smallest absolute Gasteiger partial charge is 0.168 e. The number of ether oxygens (including phenoxy) is 2. The normalized spacial score (nSPS) is 24.9. The molecule has 1 aromatic heterocycles. The Hall–Kier alpha value is -2.86. The molecule has 2 aliphatic heterocycles. The Morgan fingerprint density at radius 1 is 1.05 bits per heavy atom. The molecule has 0 unspecified atom stereocenters. The summed E-state index contributed by atoms with van der Waals surface area (Å²) >= 11 is 0. The van der Waals surface area contributed by atoms with Crippen molar-refractivity contribution in [3.63, 3.8) is 0 Å². The largest absolute Gasteiger partial charge is 0.348 e. The van der Waals surface area contributed by atoms with Crippen molar-refractivity contribution < 1.29 is 14.3 Å².